The first-order chi connectivity index (χ1) is 12.8. The smallest absolute Gasteiger partial charge is 0.309 e. The normalized spacial score (nSPS) is 12.1. The fourth-order valence-corrected chi connectivity index (χ4v) is 4.02. The first kappa shape index (κ1) is 19.8. The summed E-state index contributed by atoms with van der Waals surface area (Å²) < 4.78 is 4.28. The Morgan fingerprint density at radius 3 is 2.59 bits per heavy atom. The molecule has 1 aromatic carbocycles. The van der Waals surface area contributed by atoms with Crippen molar-refractivity contribution in [3.63, 3.8) is 0 Å². The van der Waals surface area contributed by atoms with Gasteiger partial charge in [0.2, 0.25) is 0 Å². The van der Waals surface area contributed by atoms with Crippen molar-refractivity contribution in [3.05, 3.63) is 66.8 Å². The van der Waals surface area contributed by atoms with Crippen molar-refractivity contribution in [2.75, 3.05) is 5.75 Å². The topological polar surface area (TPSA) is 61.8 Å². The number of fused-ring (bicyclic) bond motifs is 1. The van der Waals surface area contributed by atoms with Crippen LogP contribution in [0.25, 0.3) is 11.2 Å². The molecule has 0 fully saturated rings. The molecule has 0 bridgehead atoms. The Hall–Kier alpha value is -1.96. The van der Waals surface area contributed by atoms with E-state index in [1.807, 2.05) is 24.3 Å². The third kappa shape index (κ3) is 3.85. The van der Waals surface area contributed by atoms with Crippen molar-refractivity contribution in [1.82, 2.24) is 18.7 Å². The van der Waals surface area contributed by atoms with E-state index in [9.17, 15) is 9.59 Å². The lowest BCUT2D eigenvalue weighted by Crippen LogP contribution is -2.37. The molecule has 0 aliphatic rings. The number of nitrogens with zero attached hydrogens (tertiary/aromatic N) is 4. The molecule has 3 aromatic rings. The van der Waals surface area contributed by atoms with Gasteiger partial charge in [-0.05, 0) is 18.6 Å². The van der Waals surface area contributed by atoms with Gasteiger partial charge in [-0.25, -0.2) is 9.78 Å². The molecule has 0 atom stereocenters. The summed E-state index contributed by atoms with van der Waals surface area (Å²) in [5, 5.41) is 1.91. The van der Waals surface area contributed by atoms with Crippen molar-refractivity contribution < 1.29 is 0 Å². The van der Waals surface area contributed by atoms with Crippen LogP contribution in [0, 0.1) is 0 Å². The zero-order valence-electron chi connectivity index (χ0n) is 15.1. The van der Waals surface area contributed by atoms with Crippen LogP contribution in [0.2, 0.25) is 5.02 Å². The van der Waals surface area contributed by atoms with E-state index in [-0.39, 0.29) is 5.56 Å². The van der Waals surface area contributed by atoms with Crippen LogP contribution in [0.3, 0.4) is 0 Å². The molecule has 0 spiro atoms. The second-order valence-electron chi connectivity index (χ2n) is 6.05. The number of thioether (sulfide) groups is 1. The molecule has 0 unspecified atom stereocenters. The maximum absolute atomic E-state index is 12.8. The van der Waals surface area contributed by atoms with E-state index in [4.69, 9.17) is 23.2 Å². The van der Waals surface area contributed by atoms with Gasteiger partial charge in [0, 0.05) is 29.9 Å². The third-order valence-electron chi connectivity index (χ3n) is 4.18. The highest BCUT2D eigenvalue weighted by molar-refractivity contribution is 7.99. The summed E-state index contributed by atoms with van der Waals surface area (Å²) in [4.78, 5) is 29.6. The van der Waals surface area contributed by atoms with Gasteiger partial charge in [-0.1, -0.05) is 59.2 Å². The lowest BCUT2D eigenvalue weighted by atomic mass is 10.2. The fourth-order valence-electron chi connectivity index (χ4n) is 2.71. The summed E-state index contributed by atoms with van der Waals surface area (Å²) in [6, 6.07) is 7.44. The first-order valence-corrected chi connectivity index (χ1v) is 9.90. The van der Waals surface area contributed by atoms with Crippen LogP contribution in [-0.2, 0) is 20.6 Å². The average molecular weight is 425 g/mol. The fraction of sp³-hybridized carbons (Fsp3) is 0.278. The van der Waals surface area contributed by atoms with E-state index in [2.05, 4.69) is 4.98 Å². The number of aryl methyl sites for hydroxylation is 1. The first-order valence-electron chi connectivity index (χ1n) is 8.16. The van der Waals surface area contributed by atoms with Gasteiger partial charge in [-0.2, -0.15) is 0 Å². The number of imidazole rings is 1. The van der Waals surface area contributed by atoms with Gasteiger partial charge in [0.15, 0.2) is 16.3 Å². The van der Waals surface area contributed by atoms with Gasteiger partial charge in [-0.15, -0.1) is 0 Å². The van der Waals surface area contributed by atoms with Crippen LogP contribution in [0.4, 0.5) is 0 Å². The highest BCUT2D eigenvalue weighted by Gasteiger charge is 2.20. The SMILES string of the molecule is CC(Cl)=CCSc1nc2c(c(=O)n(C)c(=O)n2C)n1Cc1ccccc1Cl. The minimum absolute atomic E-state index is 0.351. The van der Waals surface area contributed by atoms with E-state index >= 15 is 0 Å². The second kappa shape index (κ2) is 7.96. The summed E-state index contributed by atoms with van der Waals surface area (Å²) in [6.07, 6.45) is 1.86. The van der Waals surface area contributed by atoms with Crippen molar-refractivity contribution in [3.8, 4) is 0 Å². The molecule has 0 amide bonds. The Morgan fingerprint density at radius 1 is 1.22 bits per heavy atom. The van der Waals surface area contributed by atoms with Gasteiger partial charge >= 0.3 is 5.69 Å². The average Bonchev–Trinajstić information content (AvgIpc) is 2.98. The Balaban J connectivity index is 2.23. The van der Waals surface area contributed by atoms with Crippen LogP contribution in [0.1, 0.15) is 12.5 Å². The monoisotopic (exact) mass is 424 g/mol. The second-order valence-corrected chi connectivity index (χ2v) is 8.04. The number of rotatable bonds is 5. The Morgan fingerprint density at radius 2 is 1.93 bits per heavy atom. The highest BCUT2D eigenvalue weighted by Crippen LogP contribution is 2.25. The van der Waals surface area contributed by atoms with Crippen LogP contribution >= 0.6 is 35.0 Å². The van der Waals surface area contributed by atoms with Crippen molar-refractivity contribution in [2.24, 2.45) is 14.1 Å². The Labute approximate surface area is 170 Å². The molecule has 142 valence electrons. The number of aromatic nitrogens is 4. The summed E-state index contributed by atoms with van der Waals surface area (Å²) in [7, 11) is 3.07. The molecular formula is C18H18Cl2N4O2S. The zero-order chi connectivity index (χ0) is 19.7. The number of benzene rings is 1. The van der Waals surface area contributed by atoms with Crippen molar-refractivity contribution >= 4 is 46.1 Å². The Kier molecular flexibility index (Phi) is 5.83. The van der Waals surface area contributed by atoms with Crippen molar-refractivity contribution in [2.45, 2.75) is 18.6 Å². The third-order valence-corrected chi connectivity index (χ3v) is 5.60. The largest absolute Gasteiger partial charge is 0.332 e. The van der Waals surface area contributed by atoms with E-state index in [0.717, 1.165) is 10.1 Å². The number of hydrogen-bond donors (Lipinski definition) is 0. The van der Waals surface area contributed by atoms with Crippen LogP contribution in [0.5, 0.6) is 0 Å². The van der Waals surface area contributed by atoms with Gasteiger partial charge in [0.1, 0.15) is 0 Å². The Bertz CT molecular complexity index is 1160. The number of halogens is 2. The standard InChI is InChI=1S/C18H18Cl2N4O2S/c1-11(19)8-9-27-17-21-15-14(16(25)23(3)18(26)22(15)2)24(17)10-12-6-4-5-7-13(12)20/h4-8H,9-10H2,1-3H3. The lowest BCUT2D eigenvalue weighted by Gasteiger charge is -2.10. The van der Waals surface area contributed by atoms with Crippen LogP contribution in [0.15, 0.2) is 50.1 Å². The predicted molar refractivity (Wildman–Crippen MR) is 111 cm³/mol. The lowest BCUT2D eigenvalue weighted by molar-refractivity contribution is 0.697. The molecule has 2 heterocycles. The molecule has 6 nitrogen and oxygen atoms in total. The molecule has 2 aromatic heterocycles. The van der Waals surface area contributed by atoms with E-state index in [0.29, 0.717) is 38.7 Å². The summed E-state index contributed by atoms with van der Waals surface area (Å²) >= 11 is 13.7. The van der Waals surface area contributed by atoms with Crippen molar-refractivity contribution in [1.29, 1.82) is 0 Å². The van der Waals surface area contributed by atoms with Gasteiger partial charge < -0.3 is 4.57 Å². The van der Waals surface area contributed by atoms with Crippen LogP contribution < -0.4 is 11.2 Å². The molecule has 0 aliphatic heterocycles. The molecule has 3 rings (SSSR count). The minimum Gasteiger partial charge on any atom is -0.309 e. The predicted octanol–water partition coefficient (Wildman–Crippen LogP) is 3.37. The van der Waals surface area contributed by atoms with Gasteiger partial charge in [0.05, 0.1) is 6.54 Å². The molecule has 0 aliphatic carbocycles. The zero-order valence-corrected chi connectivity index (χ0v) is 17.4. The van der Waals surface area contributed by atoms with E-state index < -0.39 is 5.69 Å². The molecule has 0 N–H and O–H groups in total. The van der Waals surface area contributed by atoms with Crippen LogP contribution in [-0.4, -0.2) is 24.4 Å². The van der Waals surface area contributed by atoms with E-state index in [1.54, 1.807) is 24.6 Å². The highest BCUT2D eigenvalue weighted by atomic mass is 35.5. The number of hydrogen-bond acceptors (Lipinski definition) is 4. The molecule has 27 heavy (non-hydrogen) atoms. The minimum atomic E-state index is -0.414. The maximum atomic E-state index is 12.8. The maximum Gasteiger partial charge on any atom is 0.332 e. The molecular weight excluding hydrogens is 407 g/mol. The number of allylic oxidation sites excluding steroid dienone is 1. The van der Waals surface area contributed by atoms with Gasteiger partial charge in [0.25, 0.3) is 5.56 Å². The molecule has 0 saturated carbocycles. The quantitative estimate of drug-likeness (QED) is 0.589. The summed E-state index contributed by atoms with van der Waals surface area (Å²) in [6.45, 7) is 2.17. The molecule has 0 saturated heterocycles. The summed E-state index contributed by atoms with van der Waals surface area (Å²) in [5.74, 6) is 0.593. The molecule has 9 heteroatoms. The molecule has 0 radical (unpaired) electrons. The van der Waals surface area contributed by atoms with Gasteiger partial charge in [-0.3, -0.25) is 13.9 Å². The summed E-state index contributed by atoms with van der Waals surface area (Å²) in [5.41, 5.74) is 0.782. The van der Waals surface area contributed by atoms with E-state index in [1.165, 1.54) is 23.4 Å².